The molecule has 0 aliphatic rings. The Morgan fingerprint density at radius 1 is 0.828 bits per heavy atom. The SMILES string of the molecule is CNS(=O)(=O)c1cccc(Nc2cc(Nc3ccc(OC)c(OC)c3)ncn2)c1. The Kier molecular flexibility index (Phi) is 6.15. The van der Waals surface area contributed by atoms with Crippen LogP contribution in [0.1, 0.15) is 0 Å². The van der Waals surface area contributed by atoms with Gasteiger partial charge in [0.1, 0.15) is 18.0 Å². The Bertz CT molecular complexity index is 1110. The molecule has 0 radical (unpaired) electrons. The third kappa shape index (κ3) is 4.92. The number of hydrogen-bond donors (Lipinski definition) is 3. The lowest BCUT2D eigenvalue weighted by Crippen LogP contribution is -2.18. The standard InChI is InChI=1S/C19H21N5O4S/c1-20-29(25,26)15-6-4-5-13(9-15)23-18-11-19(22-12-21-18)24-14-7-8-16(27-2)17(10-14)28-3/h4-12,20H,1-3H3,(H2,21,22,23,24). The molecule has 29 heavy (non-hydrogen) atoms. The average Bonchev–Trinajstić information content (AvgIpc) is 2.74. The third-order valence-electron chi connectivity index (χ3n) is 4.01. The maximum atomic E-state index is 12.0. The number of rotatable bonds is 8. The van der Waals surface area contributed by atoms with Gasteiger partial charge in [-0.25, -0.2) is 23.1 Å². The van der Waals surface area contributed by atoms with Crippen molar-refractivity contribution in [2.75, 3.05) is 31.9 Å². The smallest absolute Gasteiger partial charge is 0.240 e. The van der Waals surface area contributed by atoms with Gasteiger partial charge in [0, 0.05) is 23.5 Å². The normalized spacial score (nSPS) is 11.0. The van der Waals surface area contributed by atoms with E-state index in [2.05, 4.69) is 25.3 Å². The van der Waals surface area contributed by atoms with Gasteiger partial charge in [0.25, 0.3) is 0 Å². The van der Waals surface area contributed by atoms with E-state index in [0.717, 1.165) is 5.69 Å². The number of methoxy groups -OCH3 is 2. The molecule has 0 atom stereocenters. The molecule has 1 heterocycles. The van der Waals surface area contributed by atoms with Gasteiger partial charge in [0.2, 0.25) is 10.0 Å². The fraction of sp³-hybridized carbons (Fsp3) is 0.158. The van der Waals surface area contributed by atoms with E-state index in [0.29, 0.717) is 28.8 Å². The van der Waals surface area contributed by atoms with Crippen LogP contribution in [0.5, 0.6) is 11.5 Å². The fourth-order valence-corrected chi connectivity index (χ4v) is 3.34. The highest BCUT2D eigenvalue weighted by Crippen LogP contribution is 2.31. The summed E-state index contributed by atoms with van der Waals surface area (Å²) in [7, 11) is 0.975. The van der Waals surface area contributed by atoms with Crippen molar-refractivity contribution in [2.45, 2.75) is 4.90 Å². The van der Waals surface area contributed by atoms with Crippen LogP contribution < -0.4 is 24.8 Å². The second-order valence-corrected chi connectivity index (χ2v) is 7.73. The second-order valence-electron chi connectivity index (χ2n) is 5.84. The second kappa shape index (κ2) is 8.76. The van der Waals surface area contributed by atoms with E-state index in [4.69, 9.17) is 9.47 Å². The number of hydrogen-bond acceptors (Lipinski definition) is 8. The molecule has 10 heteroatoms. The van der Waals surface area contributed by atoms with Gasteiger partial charge in [0.15, 0.2) is 11.5 Å². The van der Waals surface area contributed by atoms with Crippen molar-refractivity contribution in [3.05, 3.63) is 54.9 Å². The maximum absolute atomic E-state index is 12.0. The van der Waals surface area contributed by atoms with Crippen molar-refractivity contribution in [3.63, 3.8) is 0 Å². The molecule has 3 aromatic rings. The molecule has 152 valence electrons. The highest BCUT2D eigenvalue weighted by Gasteiger charge is 2.12. The first-order valence-electron chi connectivity index (χ1n) is 8.57. The molecule has 3 N–H and O–H groups in total. The summed E-state index contributed by atoms with van der Waals surface area (Å²) in [4.78, 5) is 8.54. The van der Waals surface area contributed by atoms with E-state index < -0.39 is 10.0 Å². The molecule has 0 saturated carbocycles. The van der Waals surface area contributed by atoms with Crippen LogP contribution in [0.3, 0.4) is 0 Å². The van der Waals surface area contributed by atoms with E-state index in [1.807, 2.05) is 6.07 Å². The minimum Gasteiger partial charge on any atom is -0.493 e. The number of nitrogens with one attached hydrogen (secondary N) is 3. The number of nitrogens with zero attached hydrogens (tertiary/aromatic N) is 2. The summed E-state index contributed by atoms with van der Waals surface area (Å²) in [5.41, 5.74) is 1.34. The molecule has 0 aliphatic carbocycles. The summed E-state index contributed by atoms with van der Waals surface area (Å²) in [6, 6.07) is 13.6. The molecule has 0 amide bonds. The summed E-state index contributed by atoms with van der Waals surface area (Å²) >= 11 is 0. The largest absolute Gasteiger partial charge is 0.493 e. The highest BCUT2D eigenvalue weighted by atomic mass is 32.2. The number of benzene rings is 2. The fourth-order valence-electron chi connectivity index (χ4n) is 2.56. The van der Waals surface area contributed by atoms with Crippen molar-refractivity contribution in [3.8, 4) is 11.5 Å². The first-order valence-corrected chi connectivity index (χ1v) is 10.0. The zero-order valence-electron chi connectivity index (χ0n) is 16.1. The zero-order valence-corrected chi connectivity index (χ0v) is 16.9. The molecule has 0 spiro atoms. The van der Waals surface area contributed by atoms with Crippen molar-refractivity contribution in [1.82, 2.24) is 14.7 Å². The maximum Gasteiger partial charge on any atom is 0.240 e. The zero-order chi connectivity index (χ0) is 20.9. The Labute approximate surface area is 169 Å². The average molecular weight is 415 g/mol. The summed E-state index contributed by atoms with van der Waals surface area (Å²) < 4.78 is 36.8. The predicted molar refractivity (Wildman–Crippen MR) is 111 cm³/mol. The van der Waals surface area contributed by atoms with Gasteiger partial charge in [-0.2, -0.15) is 0 Å². The van der Waals surface area contributed by atoms with Crippen LogP contribution in [0.2, 0.25) is 0 Å². The van der Waals surface area contributed by atoms with Crippen LogP contribution in [0.4, 0.5) is 23.0 Å². The van der Waals surface area contributed by atoms with Crippen LogP contribution in [-0.4, -0.2) is 39.7 Å². The summed E-state index contributed by atoms with van der Waals surface area (Å²) in [5.74, 6) is 2.27. The highest BCUT2D eigenvalue weighted by molar-refractivity contribution is 7.89. The van der Waals surface area contributed by atoms with Crippen LogP contribution in [0.15, 0.2) is 59.8 Å². The Hall–Kier alpha value is -3.37. The lowest BCUT2D eigenvalue weighted by molar-refractivity contribution is 0.355. The van der Waals surface area contributed by atoms with Gasteiger partial charge < -0.3 is 20.1 Å². The van der Waals surface area contributed by atoms with E-state index in [1.54, 1.807) is 44.6 Å². The topological polar surface area (TPSA) is 114 Å². The molecule has 0 unspecified atom stereocenters. The molecule has 3 rings (SSSR count). The van der Waals surface area contributed by atoms with Gasteiger partial charge in [-0.15, -0.1) is 0 Å². The molecule has 0 saturated heterocycles. The lowest BCUT2D eigenvalue weighted by Gasteiger charge is -2.12. The van der Waals surface area contributed by atoms with E-state index in [9.17, 15) is 8.42 Å². The summed E-state index contributed by atoms with van der Waals surface area (Å²) in [6.07, 6.45) is 1.40. The monoisotopic (exact) mass is 415 g/mol. The van der Waals surface area contributed by atoms with Crippen LogP contribution in [0, 0.1) is 0 Å². The molecular formula is C19H21N5O4S. The first kappa shape index (κ1) is 20.4. The number of ether oxygens (including phenoxy) is 2. The number of sulfonamides is 1. The molecule has 1 aromatic heterocycles. The number of anilines is 4. The molecule has 2 aromatic carbocycles. The Morgan fingerprint density at radius 3 is 2.10 bits per heavy atom. The predicted octanol–water partition coefficient (Wildman–Crippen LogP) is 2.89. The van der Waals surface area contributed by atoms with Gasteiger partial charge in [-0.1, -0.05) is 6.07 Å². The molecular weight excluding hydrogens is 394 g/mol. The van der Waals surface area contributed by atoms with Crippen molar-refractivity contribution < 1.29 is 17.9 Å². The lowest BCUT2D eigenvalue weighted by atomic mass is 10.2. The van der Waals surface area contributed by atoms with E-state index in [1.165, 1.54) is 25.5 Å². The minimum absolute atomic E-state index is 0.155. The quantitative estimate of drug-likeness (QED) is 0.515. The Balaban J connectivity index is 1.79. The van der Waals surface area contributed by atoms with Gasteiger partial charge in [0.05, 0.1) is 19.1 Å². The molecule has 9 nitrogen and oxygen atoms in total. The first-order chi connectivity index (χ1) is 13.9. The van der Waals surface area contributed by atoms with E-state index >= 15 is 0 Å². The van der Waals surface area contributed by atoms with Crippen LogP contribution in [0.25, 0.3) is 0 Å². The third-order valence-corrected chi connectivity index (χ3v) is 5.42. The number of aromatic nitrogens is 2. The Morgan fingerprint density at radius 2 is 1.48 bits per heavy atom. The van der Waals surface area contributed by atoms with Crippen molar-refractivity contribution >= 4 is 33.0 Å². The van der Waals surface area contributed by atoms with Gasteiger partial charge in [-0.05, 0) is 37.4 Å². The summed E-state index contributed by atoms with van der Waals surface area (Å²) in [6.45, 7) is 0. The molecule has 0 fully saturated rings. The van der Waals surface area contributed by atoms with E-state index in [-0.39, 0.29) is 4.90 Å². The molecule has 0 aliphatic heterocycles. The van der Waals surface area contributed by atoms with Gasteiger partial charge >= 0.3 is 0 Å². The molecule has 0 bridgehead atoms. The van der Waals surface area contributed by atoms with Gasteiger partial charge in [-0.3, -0.25) is 0 Å². The van der Waals surface area contributed by atoms with Crippen molar-refractivity contribution in [1.29, 1.82) is 0 Å². The van der Waals surface area contributed by atoms with Crippen LogP contribution in [-0.2, 0) is 10.0 Å². The minimum atomic E-state index is -3.53. The van der Waals surface area contributed by atoms with Crippen LogP contribution >= 0.6 is 0 Å². The van der Waals surface area contributed by atoms with Crippen molar-refractivity contribution in [2.24, 2.45) is 0 Å². The summed E-state index contributed by atoms with van der Waals surface area (Å²) in [5, 5.41) is 6.25.